The average Bonchev–Trinajstić information content (AvgIpc) is 3.18. The Labute approximate surface area is 126 Å². The standard InChI is InChI=1S/C16H14N2O2S/c1-2-11-6-3-4-7-12(11)17-15(19)13-10-21-16(18-13)14-8-5-9-20-14/h3-10H,2H2,1H3,(H,17,19). The molecule has 1 N–H and O–H groups in total. The van der Waals surface area contributed by atoms with E-state index in [1.54, 1.807) is 17.7 Å². The zero-order valence-electron chi connectivity index (χ0n) is 11.5. The molecule has 5 heteroatoms. The van der Waals surface area contributed by atoms with E-state index in [-0.39, 0.29) is 5.91 Å². The molecule has 0 bridgehead atoms. The van der Waals surface area contributed by atoms with Crippen molar-refractivity contribution < 1.29 is 9.21 Å². The number of hydrogen-bond acceptors (Lipinski definition) is 4. The van der Waals surface area contributed by atoms with Crippen LogP contribution in [0.3, 0.4) is 0 Å². The maximum atomic E-state index is 12.3. The molecule has 0 saturated carbocycles. The maximum absolute atomic E-state index is 12.3. The molecule has 106 valence electrons. The van der Waals surface area contributed by atoms with E-state index in [9.17, 15) is 4.79 Å². The predicted molar refractivity (Wildman–Crippen MR) is 83.6 cm³/mol. The van der Waals surface area contributed by atoms with Crippen molar-refractivity contribution in [3.05, 3.63) is 59.3 Å². The van der Waals surface area contributed by atoms with Gasteiger partial charge in [-0.05, 0) is 30.2 Å². The van der Waals surface area contributed by atoms with Gasteiger partial charge in [-0.3, -0.25) is 4.79 Å². The second kappa shape index (κ2) is 5.93. The Balaban J connectivity index is 1.80. The summed E-state index contributed by atoms with van der Waals surface area (Å²) < 4.78 is 5.28. The van der Waals surface area contributed by atoms with E-state index in [2.05, 4.69) is 17.2 Å². The molecular weight excluding hydrogens is 284 g/mol. The van der Waals surface area contributed by atoms with Gasteiger partial charge in [-0.25, -0.2) is 4.98 Å². The number of para-hydroxylation sites is 1. The molecule has 0 fully saturated rings. The van der Waals surface area contributed by atoms with Crippen molar-refractivity contribution in [1.82, 2.24) is 4.98 Å². The zero-order valence-corrected chi connectivity index (χ0v) is 12.3. The highest BCUT2D eigenvalue weighted by Crippen LogP contribution is 2.24. The SMILES string of the molecule is CCc1ccccc1NC(=O)c1csc(-c2ccco2)n1. The molecule has 2 heterocycles. The molecule has 1 amide bonds. The highest BCUT2D eigenvalue weighted by atomic mass is 32.1. The van der Waals surface area contributed by atoms with E-state index in [0.717, 1.165) is 17.7 Å². The summed E-state index contributed by atoms with van der Waals surface area (Å²) in [7, 11) is 0. The third-order valence-corrected chi connectivity index (χ3v) is 3.97. The number of thiazole rings is 1. The fourth-order valence-corrected chi connectivity index (χ4v) is 2.79. The van der Waals surface area contributed by atoms with Gasteiger partial charge in [0.25, 0.3) is 5.91 Å². The van der Waals surface area contributed by atoms with Gasteiger partial charge in [0.05, 0.1) is 6.26 Å². The molecule has 1 aromatic carbocycles. The summed E-state index contributed by atoms with van der Waals surface area (Å²) in [4.78, 5) is 16.6. The van der Waals surface area contributed by atoms with Crippen molar-refractivity contribution in [3.8, 4) is 10.8 Å². The van der Waals surface area contributed by atoms with Gasteiger partial charge in [-0.1, -0.05) is 25.1 Å². The maximum Gasteiger partial charge on any atom is 0.275 e. The summed E-state index contributed by atoms with van der Waals surface area (Å²) in [6.45, 7) is 2.06. The largest absolute Gasteiger partial charge is 0.462 e. The monoisotopic (exact) mass is 298 g/mol. The number of carbonyl (C=O) groups is 1. The second-order valence-electron chi connectivity index (χ2n) is 4.48. The van der Waals surface area contributed by atoms with E-state index in [1.165, 1.54) is 11.3 Å². The van der Waals surface area contributed by atoms with Crippen LogP contribution in [0.4, 0.5) is 5.69 Å². The normalized spacial score (nSPS) is 10.5. The smallest absolute Gasteiger partial charge is 0.275 e. The van der Waals surface area contributed by atoms with Crippen LogP contribution >= 0.6 is 11.3 Å². The minimum atomic E-state index is -0.204. The van der Waals surface area contributed by atoms with Crippen LogP contribution < -0.4 is 5.32 Å². The van der Waals surface area contributed by atoms with Crippen LogP contribution in [0.5, 0.6) is 0 Å². The van der Waals surface area contributed by atoms with Gasteiger partial charge in [0.15, 0.2) is 10.8 Å². The number of amides is 1. The van der Waals surface area contributed by atoms with E-state index < -0.39 is 0 Å². The third-order valence-electron chi connectivity index (χ3n) is 3.12. The first kappa shape index (κ1) is 13.6. The Morgan fingerprint density at radius 2 is 2.14 bits per heavy atom. The molecule has 0 saturated heterocycles. The number of furan rings is 1. The van der Waals surface area contributed by atoms with Gasteiger partial charge in [-0.15, -0.1) is 11.3 Å². The minimum absolute atomic E-state index is 0.204. The summed E-state index contributed by atoms with van der Waals surface area (Å²) >= 11 is 1.39. The molecule has 0 unspecified atom stereocenters. The summed E-state index contributed by atoms with van der Waals surface area (Å²) in [5.41, 5.74) is 2.34. The molecule has 2 aromatic heterocycles. The number of carbonyl (C=O) groups excluding carboxylic acids is 1. The van der Waals surface area contributed by atoms with Gasteiger partial charge in [0.1, 0.15) is 5.69 Å². The number of nitrogens with one attached hydrogen (secondary N) is 1. The molecule has 3 aromatic rings. The summed E-state index contributed by atoms with van der Waals surface area (Å²) in [5.74, 6) is 0.470. The lowest BCUT2D eigenvalue weighted by Crippen LogP contribution is -2.13. The van der Waals surface area contributed by atoms with E-state index in [1.807, 2.05) is 30.3 Å². The molecule has 0 radical (unpaired) electrons. The molecule has 0 spiro atoms. The first-order valence-corrected chi connectivity index (χ1v) is 7.54. The van der Waals surface area contributed by atoms with Crippen molar-refractivity contribution in [3.63, 3.8) is 0 Å². The Bertz CT molecular complexity index is 747. The number of nitrogens with zero attached hydrogens (tertiary/aromatic N) is 1. The lowest BCUT2D eigenvalue weighted by Gasteiger charge is -2.08. The highest BCUT2D eigenvalue weighted by Gasteiger charge is 2.14. The topological polar surface area (TPSA) is 55.1 Å². The molecule has 21 heavy (non-hydrogen) atoms. The fraction of sp³-hybridized carbons (Fsp3) is 0.125. The van der Waals surface area contributed by atoms with Crippen molar-refractivity contribution in [2.45, 2.75) is 13.3 Å². The number of aryl methyl sites for hydroxylation is 1. The third kappa shape index (κ3) is 2.87. The van der Waals surface area contributed by atoms with E-state index in [4.69, 9.17) is 4.42 Å². The van der Waals surface area contributed by atoms with E-state index in [0.29, 0.717) is 16.5 Å². The summed E-state index contributed by atoms with van der Waals surface area (Å²) in [5, 5.41) is 5.35. The Kier molecular flexibility index (Phi) is 3.83. The van der Waals surface area contributed by atoms with Crippen LogP contribution in [-0.4, -0.2) is 10.9 Å². The molecule has 0 atom stereocenters. The van der Waals surface area contributed by atoms with Crippen molar-refractivity contribution in [2.75, 3.05) is 5.32 Å². The lowest BCUT2D eigenvalue weighted by molar-refractivity contribution is 0.102. The van der Waals surface area contributed by atoms with Gasteiger partial charge in [-0.2, -0.15) is 0 Å². The van der Waals surface area contributed by atoms with Crippen LogP contribution in [-0.2, 0) is 6.42 Å². The van der Waals surface area contributed by atoms with Crippen LogP contribution in [0.2, 0.25) is 0 Å². The van der Waals surface area contributed by atoms with Crippen LogP contribution in [0.1, 0.15) is 23.0 Å². The molecule has 0 aliphatic carbocycles. The van der Waals surface area contributed by atoms with Crippen molar-refractivity contribution in [1.29, 1.82) is 0 Å². The first-order chi connectivity index (χ1) is 10.3. The molecule has 0 aliphatic rings. The molecular formula is C16H14N2O2S. The highest BCUT2D eigenvalue weighted by molar-refractivity contribution is 7.13. The predicted octanol–water partition coefficient (Wildman–Crippen LogP) is 4.22. The van der Waals surface area contributed by atoms with Crippen LogP contribution in [0, 0.1) is 0 Å². The van der Waals surface area contributed by atoms with Gasteiger partial charge < -0.3 is 9.73 Å². The summed E-state index contributed by atoms with van der Waals surface area (Å²) in [6.07, 6.45) is 2.46. The fourth-order valence-electron chi connectivity index (χ4n) is 2.03. The number of hydrogen-bond donors (Lipinski definition) is 1. The number of anilines is 1. The van der Waals surface area contributed by atoms with Crippen LogP contribution in [0.25, 0.3) is 10.8 Å². The van der Waals surface area contributed by atoms with Gasteiger partial charge >= 0.3 is 0 Å². The average molecular weight is 298 g/mol. The number of aromatic nitrogens is 1. The summed E-state index contributed by atoms with van der Waals surface area (Å²) in [6, 6.07) is 11.4. The van der Waals surface area contributed by atoms with Gasteiger partial charge in [0.2, 0.25) is 0 Å². The minimum Gasteiger partial charge on any atom is -0.462 e. The van der Waals surface area contributed by atoms with Gasteiger partial charge in [0, 0.05) is 11.1 Å². The Hall–Kier alpha value is -2.40. The Morgan fingerprint density at radius 3 is 2.90 bits per heavy atom. The lowest BCUT2D eigenvalue weighted by atomic mass is 10.1. The number of benzene rings is 1. The number of rotatable bonds is 4. The molecule has 0 aliphatic heterocycles. The van der Waals surface area contributed by atoms with E-state index >= 15 is 0 Å². The van der Waals surface area contributed by atoms with Crippen molar-refractivity contribution in [2.24, 2.45) is 0 Å². The first-order valence-electron chi connectivity index (χ1n) is 6.66. The molecule has 4 nitrogen and oxygen atoms in total. The zero-order chi connectivity index (χ0) is 14.7. The van der Waals surface area contributed by atoms with Crippen molar-refractivity contribution >= 4 is 22.9 Å². The van der Waals surface area contributed by atoms with Crippen LogP contribution in [0.15, 0.2) is 52.5 Å². The quantitative estimate of drug-likeness (QED) is 0.784. The molecule has 3 rings (SSSR count). The Morgan fingerprint density at radius 1 is 1.29 bits per heavy atom. The second-order valence-corrected chi connectivity index (χ2v) is 5.34.